The van der Waals surface area contributed by atoms with Crippen LogP contribution in [0.5, 0.6) is 0 Å². The number of sulfone groups is 1. The van der Waals surface area contributed by atoms with Crippen molar-refractivity contribution in [1.29, 1.82) is 0 Å². The SMILES string of the molecule is C=CC(=O)N1CC(S(=O)(=O)c2ccc(N3CC(CN4CCC([C@@]5(C6CCCC6)NCCc6ccccc65)CC4)C3)cc2)C1. The molecule has 8 heteroatoms. The van der Waals surface area contributed by atoms with Crippen molar-refractivity contribution in [2.75, 3.05) is 57.3 Å². The first-order valence-electron chi connectivity index (χ1n) is 16.4. The molecule has 4 aliphatic heterocycles. The summed E-state index contributed by atoms with van der Waals surface area (Å²) in [6.07, 6.45) is 10.4. The van der Waals surface area contributed by atoms with E-state index in [1.165, 1.54) is 62.6 Å². The highest BCUT2D eigenvalue weighted by Gasteiger charge is 2.50. The maximum absolute atomic E-state index is 13.0. The molecular weight excluding hydrogens is 556 g/mol. The van der Waals surface area contributed by atoms with E-state index in [1.807, 2.05) is 12.1 Å². The second kappa shape index (κ2) is 11.7. The second-order valence-corrected chi connectivity index (χ2v) is 15.9. The van der Waals surface area contributed by atoms with E-state index in [1.54, 1.807) is 23.3 Å². The van der Waals surface area contributed by atoms with Crippen molar-refractivity contribution in [2.45, 2.75) is 60.6 Å². The van der Waals surface area contributed by atoms with E-state index in [0.29, 0.717) is 16.7 Å². The van der Waals surface area contributed by atoms with Crippen LogP contribution in [0.4, 0.5) is 5.69 Å². The average molecular weight is 603 g/mol. The Morgan fingerprint density at radius 3 is 2.30 bits per heavy atom. The van der Waals surface area contributed by atoms with E-state index < -0.39 is 15.1 Å². The van der Waals surface area contributed by atoms with E-state index in [4.69, 9.17) is 0 Å². The van der Waals surface area contributed by atoms with Crippen molar-refractivity contribution < 1.29 is 13.2 Å². The molecule has 0 aromatic heterocycles. The summed E-state index contributed by atoms with van der Waals surface area (Å²) in [5.74, 6) is 1.91. The molecule has 7 rings (SSSR count). The van der Waals surface area contributed by atoms with Gasteiger partial charge in [-0.3, -0.25) is 4.79 Å². The number of anilines is 1. The number of rotatable bonds is 8. The van der Waals surface area contributed by atoms with Crippen LogP contribution in [-0.2, 0) is 26.6 Å². The number of fused-ring (bicyclic) bond motifs is 1. The van der Waals surface area contributed by atoms with Crippen molar-refractivity contribution >= 4 is 21.4 Å². The Bertz CT molecular complexity index is 1430. The first-order valence-corrected chi connectivity index (χ1v) is 18.0. The number of amides is 1. The number of nitrogens with zero attached hydrogens (tertiary/aromatic N) is 3. The topological polar surface area (TPSA) is 73.0 Å². The van der Waals surface area contributed by atoms with Gasteiger partial charge in [0.15, 0.2) is 9.84 Å². The third-order valence-electron chi connectivity index (χ3n) is 11.3. The molecule has 0 unspecified atom stereocenters. The predicted octanol–water partition coefficient (Wildman–Crippen LogP) is 4.24. The summed E-state index contributed by atoms with van der Waals surface area (Å²) in [6, 6.07) is 16.6. The summed E-state index contributed by atoms with van der Waals surface area (Å²) in [4.78, 5) is 18.6. The lowest BCUT2D eigenvalue weighted by molar-refractivity contribution is -0.128. The van der Waals surface area contributed by atoms with Crippen LogP contribution >= 0.6 is 0 Å². The van der Waals surface area contributed by atoms with E-state index in [-0.39, 0.29) is 24.5 Å². The molecule has 4 heterocycles. The Labute approximate surface area is 257 Å². The molecule has 0 spiro atoms. The summed E-state index contributed by atoms with van der Waals surface area (Å²) < 4.78 is 26.0. The third kappa shape index (κ3) is 5.23. The van der Waals surface area contributed by atoms with Gasteiger partial charge < -0.3 is 20.0 Å². The maximum Gasteiger partial charge on any atom is 0.246 e. The lowest BCUT2D eigenvalue weighted by atomic mass is 9.63. The van der Waals surface area contributed by atoms with Gasteiger partial charge in [0.1, 0.15) is 5.25 Å². The first kappa shape index (κ1) is 29.1. The van der Waals surface area contributed by atoms with Gasteiger partial charge in [-0.15, -0.1) is 0 Å². The molecule has 1 amide bonds. The maximum atomic E-state index is 13.0. The molecule has 1 saturated carbocycles. The molecule has 5 aliphatic rings. The van der Waals surface area contributed by atoms with E-state index in [2.05, 4.69) is 46.0 Å². The lowest BCUT2D eigenvalue weighted by Gasteiger charge is -2.53. The second-order valence-electron chi connectivity index (χ2n) is 13.6. The molecular formula is C35H46N4O3S. The Kier molecular flexibility index (Phi) is 7.89. The largest absolute Gasteiger partial charge is 0.371 e. The molecule has 7 nitrogen and oxygen atoms in total. The summed E-state index contributed by atoms with van der Waals surface area (Å²) in [5.41, 5.74) is 4.43. The molecule has 230 valence electrons. The summed E-state index contributed by atoms with van der Waals surface area (Å²) in [6.45, 7) is 10.6. The Morgan fingerprint density at radius 2 is 1.60 bits per heavy atom. The number of piperidine rings is 1. The van der Waals surface area contributed by atoms with Gasteiger partial charge in [0, 0.05) is 56.4 Å². The number of benzene rings is 2. The fraction of sp³-hybridized carbons (Fsp3) is 0.571. The molecule has 0 bridgehead atoms. The van der Waals surface area contributed by atoms with Crippen LogP contribution in [-0.4, -0.2) is 81.7 Å². The van der Waals surface area contributed by atoms with E-state index in [9.17, 15) is 13.2 Å². The van der Waals surface area contributed by atoms with Gasteiger partial charge in [-0.2, -0.15) is 0 Å². The monoisotopic (exact) mass is 602 g/mol. The van der Waals surface area contributed by atoms with E-state index in [0.717, 1.165) is 44.2 Å². The van der Waals surface area contributed by atoms with Crippen molar-refractivity contribution in [2.24, 2.45) is 17.8 Å². The van der Waals surface area contributed by atoms with Gasteiger partial charge in [-0.05, 0) is 98.5 Å². The Morgan fingerprint density at radius 1 is 0.930 bits per heavy atom. The molecule has 0 radical (unpaired) electrons. The Balaban J connectivity index is 0.921. The Hall–Kier alpha value is -2.68. The van der Waals surface area contributed by atoms with Crippen LogP contribution in [0.2, 0.25) is 0 Å². The quantitative estimate of drug-likeness (QED) is 0.456. The average Bonchev–Trinajstić information content (AvgIpc) is 3.53. The lowest BCUT2D eigenvalue weighted by Crippen LogP contribution is -2.59. The molecule has 4 fully saturated rings. The van der Waals surface area contributed by atoms with Gasteiger partial charge >= 0.3 is 0 Å². The number of nitrogens with one attached hydrogen (secondary N) is 1. The predicted molar refractivity (Wildman–Crippen MR) is 171 cm³/mol. The smallest absolute Gasteiger partial charge is 0.246 e. The van der Waals surface area contributed by atoms with E-state index >= 15 is 0 Å². The van der Waals surface area contributed by atoms with Crippen LogP contribution in [0.25, 0.3) is 0 Å². The van der Waals surface area contributed by atoms with Crippen LogP contribution in [0.3, 0.4) is 0 Å². The van der Waals surface area contributed by atoms with Crippen LogP contribution < -0.4 is 10.2 Å². The van der Waals surface area contributed by atoms with Crippen molar-refractivity contribution in [3.8, 4) is 0 Å². The minimum atomic E-state index is -3.44. The van der Waals surface area contributed by atoms with Crippen molar-refractivity contribution in [3.63, 3.8) is 0 Å². The molecule has 1 atom stereocenters. The zero-order valence-corrected chi connectivity index (χ0v) is 26.1. The van der Waals surface area contributed by atoms with Crippen LogP contribution in [0.15, 0.2) is 66.1 Å². The van der Waals surface area contributed by atoms with Crippen LogP contribution in [0.1, 0.15) is 49.7 Å². The number of hydrogen-bond acceptors (Lipinski definition) is 6. The highest BCUT2D eigenvalue weighted by Crippen LogP contribution is 2.50. The third-order valence-corrected chi connectivity index (χ3v) is 13.4. The minimum absolute atomic E-state index is 0.158. The zero-order valence-electron chi connectivity index (χ0n) is 25.3. The van der Waals surface area contributed by atoms with Gasteiger partial charge in [0.25, 0.3) is 0 Å². The molecule has 43 heavy (non-hydrogen) atoms. The van der Waals surface area contributed by atoms with Gasteiger partial charge in [0.2, 0.25) is 5.91 Å². The summed E-state index contributed by atoms with van der Waals surface area (Å²) >= 11 is 0. The molecule has 1 aliphatic carbocycles. The molecule has 2 aromatic carbocycles. The fourth-order valence-electron chi connectivity index (χ4n) is 8.90. The molecule has 3 saturated heterocycles. The van der Waals surface area contributed by atoms with Crippen molar-refractivity contribution in [1.82, 2.24) is 15.1 Å². The number of hydrogen-bond donors (Lipinski definition) is 1. The number of carbonyl (C=O) groups is 1. The van der Waals surface area contributed by atoms with Crippen LogP contribution in [0, 0.1) is 17.8 Å². The fourth-order valence-corrected chi connectivity index (χ4v) is 10.6. The molecule has 1 N–H and O–H groups in total. The van der Waals surface area contributed by atoms with Gasteiger partial charge in [-0.25, -0.2) is 8.42 Å². The highest BCUT2D eigenvalue weighted by molar-refractivity contribution is 7.92. The van der Waals surface area contributed by atoms with Gasteiger partial charge in [0.05, 0.1) is 4.90 Å². The minimum Gasteiger partial charge on any atom is -0.371 e. The zero-order chi connectivity index (χ0) is 29.6. The standard InChI is InChI=1S/C35H46N4O3S/c1-2-34(40)39-24-32(25-39)43(41,42)31-13-11-30(12-14-31)38-22-26(23-38)21-37-19-16-29(17-20-37)35(28-8-4-5-9-28)33-10-6-3-7-27(33)15-18-36-35/h2-3,6-7,10-14,26,28-29,32,36H,1,4-5,8-9,15-25H2/t35-/m1/s1. The normalized spacial score (nSPS) is 26.1. The highest BCUT2D eigenvalue weighted by atomic mass is 32.2. The number of carbonyl (C=O) groups excluding carboxylic acids is 1. The molecule has 2 aromatic rings. The summed E-state index contributed by atoms with van der Waals surface area (Å²) in [5, 5.41) is 3.62. The van der Waals surface area contributed by atoms with Gasteiger partial charge in [-0.1, -0.05) is 43.7 Å². The first-order chi connectivity index (χ1) is 20.9. The van der Waals surface area contributed by atoms with Crippen molar-refractivity contribution in [3.05, 3.63) is 72.3 Å². The number of likely N-dealkylation sites (tertiary alicyclic amines) is 2. The summed E-state index contributed by atoms with van der Waals surface area (Å²) in [7, 11) is -3.44.